The molecule has 0 aliphatic carbocycles. The van der Waals surface area contributed by atoms with Crippen molar-refractivity contribution in [2.24, 2.45) is 0 Å². The Kier molecular flexibility index (Phi) is 3.55. The van der Waals surface area contributed by atoms with Crippen molar-refractivity contribution in [3.8, 4) is 11.4 Å². The number of benzene rings is 1. The molecule has 2 nitrogen and oxygen atoms in total. The van der Waals surface area contributed by atoms with Crippen LogP contribution >= 0.6 is 35.0 Å². The third-order valence-electron chi connectivity index (χ3n) is 3.15. The third kappa shape index (κ3) is 2.15. The standard InChI is InChI=1S/C13H12Cl2N2S/c14-10-2-1-3-11(15)12(10)13-16-5-6-17(13)9-4-7-18-8-9/h1-3,5-6,9H,4,7-8H2/t9-/m0/s1. The van der Waals surface area contributed by atoms with Gasteiger partial charge in [0.1, 0.15) is 5.82 Å². The monoisotopic (exact) mass is 298 g/mol. The lowest BCUT2D eigenvalue weighted by atomic mass is 10.2. The average Bonchev–Trinajstić information content (AvgIpc) is 2.98. The minimum atomic E-state index is 0.500. The van der Waals surface area contributed by atoms with Crippen molar-refractivity contribution in [3.05, 3.63) is 40.6 Å². The van der Waals surface area contributed by atoms with Crippen LogP contribution in [-0.4, -0.2) is 21.1 Å². The molecule has 18 heavy (non-hydrogen) atoms. The number of hydrogen-bond acceptors (Lipinski definition) is 2. The first-order valence-corrected chi connectivity index (χ1v) is 7.73. The van der Waals surface area contributed by atoms with Crippen LogP contribution in [0.15, 0.2) is 30.6 Å². The molecule has 1 aliphatic heterocycles. The van der Waals surface area contributed by atoms with E-state index in [2.05, 4.69) is 9.55 Å². The number of aromatic nitrogens is 2. The fourth-order valence-corrected chi connectivity index (χ4v) is 4.03. The molecular formula is C13H12Cl2N2S. The van der Waals surface area contributed by atoms with Gasteiger partial charge in [0.15, 0.2) is 0 Å². The number of hydrogen-bond donors (Lipinski definition) is 0. The van der Waals surface area contributed by atoms with E-state index in [9.17, 15) is 0 Å². The zero-order valence-electron chi connectivity index (χ0n) is 9.64. The van der Waals surface area contributed by atoms with E-state index in [0.29, 0.717) is 16.1 Å². The van der Waals surface area contributed by atoms with Crippen LogP contribution in [0.5, 0.6) is 0 Å². The molecule has 1 atom stereocenters. The van der Waals surface area contributed by atoms with Gasteiger partial charge in [-0.3, -0.25) is 0 Å². The van der Waals surface area contributed by atoms with E-state index in [1.54, 1.807) is 0 Å². The van der Waals surface area contributed by atoms with Crippen molar-refractivity contribution < 1.29 is 0 Å². The molecule has 0 saturated carbocycles. The van der Waals surface area contributed by atoms with Crippen LogP contribution in [0.25, 0.3) is 11.4 Å². The predicted octanol–water partition coefficient (Wildman–Crippen LogP) is 4.53. The Balaban J connectivity index is 2.09. The Hall–Kier alpha value is -0.640. The van der Waals surface area contributed by atoms with Crippen LogP contribution in [0, 0.1) is 0 Å². The third-order valence-corrected chi connectivity index (χ3v) is 4.93. The highest BCUT2D eigenvalue weighted by atomic mass is 35.5. The smallest absolute Gasteiger partial charge is 0.143 e. The van der Waals surface area contributed by atoms with Gasteiger partial charge >= 0.3 is 0 Å². The van der Waals surface area contributed by atoms with E-state index in [4.69, 9.17) is 23.2 Å². The van der Waals surface area contributed by atoms with Crippen LogP contribution in [0.3, 0.4) is 0 Å². The van der Waals surface area contributed by atoms with E-state index >= 15 is 0 Å². The molecule has 1 aromatic heterocycles. The molecule has 3 rings (SSSR count). The van der Waals surface area contributed by atoms with Crippen molar-refractivity contribution in [2.75, 3.05) is 11.5 Å². The van der Waals surface area contributed by atoms with E-state index in [1.165, 1.54) is 12.2 Å². The number of halogens is 2. The molecule has 0 spiro atoms. The summed E-state index contributed by atoms with van der Waals surface area (Å²) in [6.45, 7) is 0. The summed E-state index contributed by atoms with van der Waals surface area (Å²) in [6.07, 6.45) is 5.01. The second-order valence-electron chi connectivity index (χ2n) is 4.27. The minimum Gasteiger partial charge on any atom is -0.327 e. The fourth-order valence-electron chi connectivity index (χ4n) is 2.25. The molecule has 0 amide bonds. The number of imidazole rings is 1. The van der Waals surface area contributed by atoms with Gasteiger partial charge in [0.25, 0.3) is 0 Å². The van der Waals surface area contributed by atoms with Gasteiger partial charge in [-0.05, 0) is 24.3 Å². The molecule has 0 bridgehead atoms. The number of nitrogens with zero attached hydrogens (tertiary/aromatic N) is 2. The molecule has 1 aromatic carbocycles. The van der Waals surface area contributed by atoms with Gasteiger partial charge in [-0.1, -0.05) is 29.3 Å². The van der Waals surface area contributed by atoms with Crippen LogP contribution in [0.2, 0.25) is 10.0 Å². The lowest BCUT2D eigenvalue weighted by Gasteiger charge is -2.15. The van der Waals surface area contributed by atoms with Gasteiger partial charge in [-0.2, -0.15) is 11.8 Å². The van der Waals surface area contributed by atoms with Crippen molar-refractivity contribution in [2.45, 2.75) is 12.5 Å². The summed E-state index contributed by atoms with van der Waals surface area (Å²) < 4.78 is 2.20. The average molecular weight is 299 g/mol. The largest absolute Gasteiger partial charge is 0.327 e. The van der Waals surface area contributed by atoms with Gasteiger partial charge in [0, 0.05) is 24.2 Å². The van der Waals surface area contributed by atoms with E-state index < -0.39 is 0 Å². The summed E-state index contributed by atoms with van der Waals surface area (Å²) in [5.41, 5.74) is 0.836. The predicted molar refractivity (Wildman–Crippen MR) is 78.7 cm³/mol. The van der Waals surface area contributed by atoms with Gasteiger partial charge in [-0.25, -0.2) is 4.98 Å². The maximum absolute atomic E-state index is 6.26. The number of thioether (sulfide) groups is 1. The summed E-state index contributed by atoms with van der Waals surface area (Å²) in [5, 5.41) is 1.31. The zero-order chi connectivity index (χ0) is 12.5. The second-order valence-corrected chi connectivity index (χ2v) is 6.24. The second kappa shape index (κ2) is 5.16. The van der Waals surface area contributed by atoms with Crippen LogP contribution in [0.1, 0.15) is 12.5 Å². The summed E-state index contributed by atoms with van der Waals surface area (Å²) in [7, 11) is 0. The molecule has 5 heteroatoms. The maximum Gasteiger partial charge on any atom is 0.143 e. The van der Waals surface area contributed by atoms with Crippen LogP contribution < -0.4 is 0 Å². The molecule has 2 heterocycles. The molecule has 1 saturated heterocycles. The summed E-state index contributed by atoms with van der Waals surface area (Å²) in [4.78, 5) is 4.44. The quantitative estimate of drug-likeness (QED) is 0.810. The highest BCUT2D eigenvalue weighted by Gasteiger charge is 2.22. The van der Waals surface area contributed by atoms with E-state index in [-0.39, 0.29) is 0 Å². The van der Waals surface area contributed by atoms with Gasteiger partial charge < -0.3 is 4.57 Å². The van der Waals surface area contributed by atoms with Gasteiger partial charge in [-0.15, -0.1) is 0 Å². The van der Waals surface area contributed by atoms with Crippen molar-refractivity contribution >= 4 is 35.0 Å². The Morgan fingerprint density at radius 2 is 2.06 bits per heavy atom. The molecule has 94 valence electrons. The Bertz CT molecular complexity index is 542. The molecular weight excluding hydrogens is 287 g/mol. The Morgan fingerprint density at radius 3 is 2.72 bits per heavy atom. The van der Waals surface area contributed by atoms with E-state index in [1.807, 2.05) is 42.4 Å². The lowest BCUT2D eigenvalue weighted by Crippen LogP contribution is -2.08. The summed E-state index contributed by atoms with van der Waals surface area (Å²) >= 11 is 14.5. The highest BCUT2D eigenvalue weighted by molar-refractivity contribution is 7.99. The first-order chi connectivity index (χ1) is 8.77. The van der Waals surface area contributed by atoms with Crippen LogP contribution in [-0.2, 0) is 0 Å². The minimum absolute atomic E-state index is 0.500. The summed E-state index contributed by atoms with van der Waals surface area (Å²) in [6, 6.07) is 6.06. The SMILES string of the molecule is Clc1cccc(Cl)c1-c1nccn1[C@H]1CCSC1. The van der Waals surface area contributed by atoms with Crippen molar-refractivity contribution in [1.82, 2.24) is 9.55 Å². The summed E-state index contributed by atoms with van der Waals surface area (Å²) in [5.74, 6) is 3.21. The van der Waals surface area contributed by atoms with Crippen LogP contribution in [0.4, 0.5) is 0 Å². The highest BCUT2D eigenvalue weighted by Crippen LogP contribution is 2.37. The molecule has 0 unspecified atom stereocenters. The first-order valence-electron chi connectivity index (χ1n) is 5.82. The van der Waals surface area contributed by atoms with Crippen molar-refractivity contribution in [3.63, 3.8) is 0 Å². The van der Waals surface area contributed by atoms with Crippen molar-refractivity contribution in [1.29, 1.82) is 0 Å². The fraction of sp³-hybridized carbons (Fsp3) is 0.308. The van der Waals surface area contributed by atoms with Gasteiger partial charge in [0.05, 0.1) is 15.6 Å². The molecule has 0 N–H and O–H groups in total. The van der Waals surface area contributed by atoms with E-state index in [0.717, 1.165) is 17.1 Å². The lowest BCUT2D eigenvalue weighted by molar-refractivity contribution is 0.566. The zero-order valence-corrected chi connectivity index (χ0v) is 12.0. The first kappa shape index (κ1) is 12.4. The molecule has 1 fully saturated rings. The Labute approximate surface area is 120 Å². The van der Waals surface area contributed by atoms with Gasteiger partial charge in [0.2, 0.25) is 0 Å². The topological polar surface area (TPSA) is 17.8 Å². The number of rotatable bonds is 2. The maximum atomic E-state index is 6.26. The molecule has 1 aliphatic rings. The molecule has 0 radical (unpaired) electrons. The molecule has 2 aromatic rings. The Morgan fingerprint density at radius 1 is 1.28 bits per heavy atom. The normalized spacial score (nSPS) is 19.3.